The van der Waals surface area contributed by atoms with Crippen LogP contribution >= 0.6 is 15.9 Å². The lowest BCUT2D eigenvalue weighted by atomic mass is 9.85. The molecule has 0 aliphatic heterocycles. The van der Waals surface area contributed by atoms with Crippen LogP contribution in [0.15, 0.2) is 22.8 Å². The lowest BCUT2D eigenvalue weighted by Gasteiger charge is -2.42. The molecule has 0 unspecified atom stereocenters. The summed E-state index contributed by atoms with van der Waals surface area (Å²) in [6.45, 7) is 2.68. The van der Waals surface area contributed by atoms with Gasteiger partial charge in [-0.1, -0.05) is 22.9 Å². The van der Waals surface area contributed by atoms with Gasteiger partial charge in [-0.3, -0.25) is 15.0 Å². The number of hydrogen-bond acceptors (Lipinski definition) is 4. The molecule has 1 aromatic rings. The van der Waals surface area contributed by atoms with Crippen molar-refractivity contribution in [2.24, 2.45) is 0 Å². The van der Waals surface area contributed by atoms with E-state index < -0.39 is 5.97 Å². The van der Waals surface area contributed by atoms with Gasteiger partial charge in [0.2, 0.25) is 0 Å². The highest BCUT2D eigenvalue weighted by atomic mass is 79.9. The van der Waals surface area contributed by atoms with E-state index >= 15 is 0 Å². The van der Waals surface area contributed by atoms with E-state index in [1.807, 2.05) is 11.8 Å². The van der Waals surface area contributed by atoms with Crippen molar-refractivity contribution < 1.29 is 14.7 Å². The maximum absolute atomic E-state index is 11.9. The standard InChI is InChI=1S/C14H19BrN4O3/c1-2-19(8-13(20)21)11-6-10(7-11)17-14(22)18-12-5-9(15)3-4-16-12/h3-5,10-11H,2,6-8H2,1H3,(H,20,21)(H2,16,17,18,22). The summed E-state index contributed by atoms with van der Waals surface area (Å²) in [7, 11) is 0. The van der Waals surface area contributed by atoms with Crippen LogP contribution in [0.1, 0.15) is 19.8 Å². The summed E-state index contributed by atoms with van der Waals surface area (Å²) >= 11 is 3.31. The minimum Gasteiger partial charge on any atom is -0.480 e. The summed E-state index contributed by atoms with van der Waals surface area (Å²) < 4.78 is 0.841. The molecular weight excluding hydrogens is 352 g/mol. The molecule has 0 atom stereocenters. The molecule has 0 saturated heterocycles. The maximum Gasteiger partial charge on any atom is 0.320 e. The smallest absolute Gasteiger partial charge is 0.320 e. The lowest BCUT2D eigenvalue weighted by Crippen LogP contribution is -2.55. The Kier molecular flexibility index (Phi) is 5.73. The van der Waals surface area contributed by atoms with E-state index in [2.05, 4.69) is 31.5 Å². The van der Waals surface area contributed by atoms with Gasteiger partial charge in [0.05, 0.1) is 6.54 Å². The Balaban J connectivity index is 1.75. The molecule has 0 bridgehead atoms. The van der Waals surface area contributed by atoms with Gasteiger partial charge in [0.25, 0.3) is 0 Å². The first-order valence-electron chi connectivity index (χ1n) is 7.12. The molecule has 0 spiro atoms. The zero-order valence-corrected chi connectivity index (χ0v) is 13.8. The Morgan fingerprint density at radius 3 is 2.82 bits per heavy atom. The van der Waals surface area contributed by atoms with Crippen LogP contribution in [-0.4, -0.2) is 52.2 Å². The average molecular weight is 371 g/mol. The highest BCUT2D eigenvalue weighted by molar-refractivity contribution is 9.10. The molecule has 0 radical (unpaired) electrons. The van der Waals surface area contributed by atoms with Crippen molar-refractivity contribution in [2.75, 3.05) is 18.4 Å². The van der Waals surface area contributed by atoms with E-state index in [1.165, 1.54) is 0 Å². The van der Waals surface area contributed by atoms with Crippen LogP contribution in [0.3, 0.4) is 0 Å². The number of carboxylic acids is 1. The Morgan fingerprint density at radius 2 is 2.23 bits per heavy atom. The van der Waals surface area contributed by atoms with Crippen LogP contribution in [0, 0.1) is 0 Å². The average Bonchev–Trinajstić information content (AvgIpc) is 2.40. The zero-order valence-electron chi connectivity index (χ0n) is 12.3. The van der Waals surface area contributed by atoms with E-state index in [4.69, 9.17) is 5.11 Å². The second kappa shape index (κ2) is 7.55. The van der Waals surface area contributed by atoms with Gasteiger partial charge in [0, 0.05) is 22.8 Å². The van der Waals surface area contributed by atoms with E-state index in [9.17, 15) is 9.59 Å². The Morgan fingerprint density at radius 1 is 1.50 bits per heavy atom. The first kappa shape index (κ1) is 16.7. The minimum absolute atomic E-state index is 0.0437. The van der Waals surface area contributed by atoms with Crippen molar-refractivity contribution in [1.82, 2.24) is 15.2 Å². The predicted octanol–water partition coefficient (Wildman–Crippen LogP) is 1.90. The Labute approximate surface area is 137 Å². The summed E-state index contributed by atoms with van der Waals surface area (Å²) in [4.78, 5) is 28.6. The Bertz CT molecular complexity index is 549. The fourth-order valence-corrected chi connectivity index (χ4v) is 2.82. The first-order valence-corrected chi connectivity index (χ1v) is 7.92. The van der Waals surface area contributed by atoms with Crippen LogP contribution in [0.5, 0.6) is 0 Å². The number of halogens is 1. The number of carbonyl (C=O) groups is 2. The number of aromatic nitrogens is 1. The van der Waals surface area contributed by atoms with Crippen molar-refractivity contribution in [3.8, 4) is 0 Å². The highest BCUT2D eigenvalue weighted by Crippen LogP contribution is 2.25. The molecule has 7 nitrogen and oxygen atoms in total. The topological polar surface area (TPSA) is 94.6 Å². The van der Waals surface area contributed by atoms with E-state index in [0.29, 0.717) is 12.4 Å². The lowest BCUT2D eigenvalue weighted by molar-refractivity contribution is -0.139. The number of nitrogens with one attached hydrogen (secondary N) is 2. The van der Waals surface area contributed by atoms with Crippen LogP contribution < -0.4 is 10.6 Å². The third-order valence-electron chi connectivity index (χ3n) is 3.67. The van der Waals surface area contributed by atoms with Gasteiger partial charge in [-0.15, -0.1) is 0 Å². The van der Waals surface area contributed by atoms with Gasteiger partial charge in [-0.25, -0.2) is 9.78 Å². The largest absolute Gasteiger partial charge is 0.480 e. The number of rotatable bonds is 6. The number of hydrogen-bond donors (Lipinski definition) is 3. The van der Waals surface area contributed by atoms with Gasteiger partial charge < -0.3 is 10.4 Å². The molecule has 3 N–H and O–H groups in total. The van der Waals surface area contributed by atoms with Crippen LogP contribution in [-0.2, 0) is 4.79 Å². The summed E-state index contributed by atoms with van der Waals surface area (Å²) in [5.41, 5.74) is 0. The molecule has 0 aromatic carbocycles. The van der Waals surface area contributed by atoms with Gasteiger partial charge in [0.15, 0.2) is 0 Å². The molecule has 1 aromatic heterocycles. The summed E-state index contributed by atoms with van der Waals surface area (Å²) in [6, 6.07) is 3.49. The van der Waals surface area contributed by atoms with Crippen molar-refractivity contribution in [3.63, 3.8) is 0 Å². The predicted molar refractivity (Wildman–Crippen MR) is 85.8 cm³/mol. The maximum atomic E-state index is 11.9. The first-order chi connectivity index (χ1) is 10.5. The molecule has 2 rings (SSSR count). The summed E-state index contributed by atoms with van der Waals surface area (Å²) in [5.74, 6) is -0.347. The van der Waals surface area contributed by atoms with Crippen molar-refractivity contribution >= 4 is 33.7 Å². The molecule has 120 valence electrons. The monoisotopic (exact) mass is 370 g/mol. The van der Waals surface area contributed by atoms with Crippen molar-refractivity contribution in [3.05, 3.63) is 22.8 Å². The number of amides is 2. The second-order valence-corrected chi connectivity index (χ2v) is 6.15. The van der Waals surface area contributed by atoms with E-state index in [-0.39, 0.29) is 24.7 Å². The molecule has 8 heteroatoms. The zero-order chi connectivity index (χ0) is 16.1. The number of aliphatic carboxylic acids is 1. The van der Waals surface area contributed by atoms with Crippen LogP contribution in [0.25, 0.3) is 0 Å². The van der Waals surface area contributed by atoms with Gasteiger partial charge >= 0.3 is 12.0 Å². The van der Waals surface area contributed by atoms with Crippen molar-refractivity contribution in [1.29, 1.82) is 0 Å². The SMILES string of the molecule is CCN(CC(=O)O)C1CC(NC(=O)Nc2cc(Br)ccn2)C1. The fourth-order valence-electron chi connectivity index (χ4n) is 2.49. The molecular formula is C14H19BrN4O3. The molecule has 1 aliphatic carbocycles. The van der Waals surface area contributed by atoms with E-state index in [1.54, 1.807) is 18.3 Å². The quantitative estimate of drug-likeness (QED) is 0.710. The van der Waals surface area contributed by atoms with Gasteiger partial charge in [0.1, 0.15) is 5.82 Å². The number of carboxylic acid groups (broad SMARTS) is 1. The number of urea groups is 1. The number of likely N-dealkylation sites (N-methyl/N-ethyl adjacent to an activating group) is 1. The molecule has 1 aliphatic rings. The number of carbonyl (C=O) groups excluding carboxylic acids is 1. The van der Waals surface area contributed by atoms with E-state index in [0.717, 1.165) is 17.3 Å². The summed E-state index contributed by atoms with van der Waals surface area (Å²) in [5, 5.41) is 14.4. The Hall–Kier alpha value is -1.67. The fraction of sp³-hybridized carbons (Fsp3) is 0.500. The number of anilines is 1. The third kappa shape index (κ3) is 4.67. The minimum atomic E-state index is -0.822. The highest BCUT2D eigenvalue weighted by Gasteiger charge is 2.34. The molecule has 1 fully saturated rings. The molecule has 1 heterocycles. The van der Waals surface area contributed by atoms with Gasteiger partial charge in [-0.05, 0) is 31.5 Å². The third-order valence-corrected chi connectivity index (χ3v) is 4.17. The van der Waals surface area contributed by atoms with Gasteiger partial charge in [-0.2, -0.15) is 0 Å². The van der Waals surface area contributed by atoms with Crippen LogP contribution in [0.4, 0.5) is 10.6 Å². The molecule has 2 amide bonds. The number of pyridine rings is 1. The molecule has 1 saturated carbocycles. The normalized spacial score (nSPS) is 20.3. The summed E-state index contributed by atoms with van der Waals surface area (Å²) in [6.07, 6.45) is 3.13. The molecule has 22 heavy (non-hydrogen) atoms. The second-order valence-electron chi connectivity index (χ2n) is 5.24. The number of nitrogens with zero attached hydrogens (tertiary/aromatic N) is 2. The van der Waals surface area contributed by atoms with Crippen molar-refractivity contribution in [2.45, 2.75) is 31.8 Å². The van der Waals surface area contributed by atoms with Crippen LogP contribution in [0.2, 0.25) is 0 Å².